The second kappa shape index (κ2) is 10.9. The number of aryl methyl sites for hydroxylation is 2. The average Bonchev–Trinajstić information content (AvgIpc) is 3.34. The smallest absolute Gasteiger partial charge is 0.257 e. The third-order valence-corrected chi connectivity index (χ3v) is 6.93. The van der Waals surface area contributed by atoms with Gasteiger partial charge in [0, 0.05) is 50.3 Å². The predicted octanol–water partition coefficient (Wildman–Crippen LogP) is 3.58. The maximum atomic E-state index is 13.0. The van der Waals surface area contributed by atoms with E-state index in [1.807, 2.05) is 15.7 Å². The van der Waals surface area contributed by atoms with Gasteiger partial charge < -0.3 is 19.3 Å². The van der Waals surface area contributed by atoms with Crippen LogP contribution in [0.3, 0.4) is 0 Å². The van der Waals surface area contributed by atoms with Crippen molar-refractivity contribution >= 4 is 23.6 Å². The van der Waals surface area contributed by atoms with Crippen LogP contribution >= 0.6 is 11.8 Å². The van der Waals surface area contributed by atoms with E-state index in [1.165, 1.54) is 30.0 Å². The molecule has 0 atom stereocenters. The van der Waals surface area contributed by atoms with Crippen LogP contribution in [0.5, 0.6) is 11.5 Å². The Bertz CT molecular complexity index is 1200. The zero-order chi connectivity index (χ0) is 24.9. The molecular formula is C26H30N4O4S. The average molecular weight is 495 g/mol. The van der Waals surface area contributed by atoms with E-state index in [0.29, 0.717) is 49.0 Å². The molecule has 0 bridgehead atoms. The topological polar surface area (TPSA) is 76.9 Å². The van der Waals surface area contributed by atoms with Gasteiger partial charge in [-0.2, -0.15) is 0 Å². The minimum atomic E-state index is -0.110. The van der Waals surface area contributed by atoms with Gasteiger partial charge in [0.2, 0.25) is 5.91 Å². The lowest BCUT2D eigenvalue weighted by Gasteiger charge is -2.35. The summed E-state index contributed by atoms with van der Waals surface area (Å²) in [6.45, 7) is 6.07. The number of methoxy groups -OCH3 is 2. The van der Waals surface area contributed by atoms with Crippen LogP contribution in [-0.4, -0.2) is 77.3 Å². The zero-order valence-corrected chi connectivity index (χ0v) is 21.3. The molecule has 0 spiro atoms. The number of amides is 2. The predicted molar refractivity (Wildman–Crippen MR) is 136 cm³/mol. The number of hydrogen-bond donors (Lipinski definition) is 0. The Morgan fingerprint density at radius 1 is 0.943 bits per heavy atom. The summed E-state index contributed by atoms with van der Waals surface area (Å²) >= 11 is 1.43. The number of benzene rings is 2. The van der Waals surface area contributed by atoms with Crippen molar-refractivity contribution in [2.75, 3.05) is 46.2 Å². The van der Waals surface area contributed by atoms with Gasteiger partial charge in [-0.15, -0.1) is 0 Å². The van der Waals surface area contributed by atoms with E-state index in [9.17, 15) is 9.59 Å². The fourth-order valence-corrected chi connectivity index (χ4v) is 5.08. The highest BCUT2D eigenvalue weighted by atomic mass is 32.2. The summed E-state index contributed by atoms with van der Waals surface area (Å²) in [5.41, 5.74) is 3.89. The molecule has 0 saturated carbocycles. The van der Waals surface area contributed by atoms with Crippen LogP contribution in [0.15, 0.2) is 53.9 Å². The lowest BCUT2D eigenvalue weighted by atomic mass is 10.1. The van der Waals surface area contributed by atoms with Crippen molar-refractivity contribution in [2.45, 2.75) is 19.0 Å². The number of aromatic nitrogens is 2. The highest BCUT2D eigenvalue weighted by molar-refractivity contribution is 7.99. The Morgan fingerprint density at radius 3 is 2.29 bits per heavy atom. The van der Waals surface area contributed by atoms with Gasteiger partial charge in [0.05, 0.1) is 25.5 Å². The minimum absolute atomic E-state index is 0.0408. The Labute approximate surface area is 209 Å². The number of imidazole rings is 1. The molecule has 1 aliphatic heterocycles. The molecule has 35 heavy (non-hydrogen) atoms. The monoisotopic (exact) mass is 494 g/mol. The molecular weight excluding hydrogens is 464 g/mol. The molecule has 1 fully saturated rings. The Hall–Kier alpha value is -3.46. The van der Waals surface area contributed by atoms with Gasteiger partial charge in [-0.1, -0.05) is 17.8 Å². The highest BCUT2D eigenvalue weighted by Crippen LogP contribution is 2.27. The summed E-state index contributed by atoms with van der Waals surface area (Å²) in [7, 11) is 3.10. The number of ether oxygens (including phenoxy) is 2. The molecule has 4 rings (SSSR count). The van der Waals surface area contributed by atoms with E-state index in [2.05, 4.69) is 37.0 Å². The molecule has 2 heterocycles. The van der Waals surface area contributed by atoms with E-state index >= 15 is 0 Å². The van der Waals surface area contributed by atoms with Crippen LogP contribution in [0.1, 0.15) is 21.5 Å². The first-order chi connectivity index (χ1) is 16.9. The molecule has 0 aliphatic carbocycles. The highest BCUT2D eigenvalue weighted by Gasteiger charge is 2.27. The van der Waals surface area contributed by atoms with Crippen molar-refractivity contribution in [2.24, 2.45) is 0 Å². The van der Waals surface area contributed by atoms with E-state index in [1.54, 1.807) is 36.4 Å². The number of nitrogens with zero attached hydrogens (tertiary/aromatic N) is 4. The summed E-state index contributed by atoms with van der Waals surface area (Å²) in [5, 5.41) is 0.781. The molecule has 0 unspecified atom stereocenters. The maximum Gasteiger partial charge on any atom is 0.257 e. The molecule has 2 amide bonds. The van der Waals surface area contributed by atoms with E-state index < -0.39 is 0 Å². The van der Waals surface area contributed by atoms with Gasteiger partial charge in [0.1, 0.15) is 11.5 Å². The first-order valence-corrected chi connectivity index (χ1v) is 12.4. The van der Waals surface area contributed by atoms with Gasteiger partial charge in [-0.25, -0.2) is 4.98 Å². The van der Waals surface area contributed by atoms with Crippen LogP contribution in [0, 0.1) is 13.8 Å². The van der Waals surface area contributed by atoms with Crippen molar-refractivity contribution in [3.05, 3.63) is 65.5 Å². The van der Waals surface area contributed by atoms with Crippen molar-refractivity contribution < 1.29 is 19.1 Å². The summed E-state index contributed by atoms with van der Waals surface area (Å²) in [5.74, 6) is 1.33. The Balaban J connectivity index is 1.34. The second-order valence-corrected chi connectivity index (χ2v) is 9.40. The normalized spacial score (nSPS) is 13.6. The van der Waals surface area contributed by atoms with E-state index in [-0.39, 0.29) is 11.8 Å². The van der Waals surface area contributed by atoms with Gasteiger partial charge in [-0.3, -0.25) is 14.2 Å². The quantitative estimate of drug-likeness (QED) is 0.468. The fraction of sp³-hybridized carbons (Fsp3) is 0.346. The van der Waals surface area contributed by atoms with Crippen LogP contribution in [0.4, 0.5) is 0 Å². The third kappa shape index (κ3) is 5.62. The molecule has 9 heteroatoms. The lowest BCUT2D eigenvalue weighted by molar-refractivity contribution is -0.129. The van der Waals surface area contributed by atoms with Crippen molar-refractivity contribution in [1.29, 1.82) is 0 Å². The van der Waals surface area contributed by atoms with Crippen LogP contribution in [0.2, 0.25) is 0 Å². The number of carbonyl (C=O) groups excluding carboxylic acids is 2. The first kappa shape index (κ1) is 24.7. The molecule has 1 saturated heterocycles. The van der Waals surface area contributed by atoms with Gasteiger partial charge in [-0.05, 0) is 49.2 Å². The number of thioether (sulfide) groups is 1. The van der Waals surface area contributed by atoms with Crippen LogP contribution in [-0.2, 0) is 4.79 Å². The molecule has 1 aliphatic rings. The molecule has 0 radical (unpaired) electrons. The fourth-order valence-electron chi connectivity index (χ4n) is 4.20. The third-order valence-electron chi connectivity index (χ3n) is 5.97. The molecule has 8 nitrogen and oxygen atoms in total. The largest absolute Gasteiger partial charge is 0.497 e. The minimum Gasteiger partial charge on any atom is -0.497 e. The zero-order valence-electron chi connectivity index (χ0n) is 20.5. The number of rotatable bonds is 7. The second-order valence-electron chi connectivity index (χ2n) is 8.45. The van der Waals surface area contributed by atoms with Gasteiger partial charge in [0.25, 0.3) is 5.91 Å². The summed E-state index contributed by atoms with van der Waals surface area (Å²) < 4.78 is 12.6. The van der Waals surface area contributed by atoms with Crippen LogP contribution < -0.4 is 9.47 Å². The number of hydrogen-bond acceptors (Lipinski definition) is 6. The van der Waals surface area contributed by atoms with Crippen molar-refractivity contribution in [1.82, 2.24) is 19.4 Å². The first-order valence-electron chi connectivity index (χ1n) is 11.4. The summed E-state index contributed by atoms with van der Waals surface area (Å²) in [6, 6.07) is 11.5. The SMILES string of the molecule is COc1ccc(C(=O)N2CCN(C(=O)CSc3nccn3-c3cc(C)cc(C)c3)CC2)c(OC)c1. The Kier molecular flexibility index (Phi) is 7.65. The number of carbonyl (C=O) groups is 2. The summed E-state index contributed by atoms with van der Waals surface area (Å²) in [4.78, 5) is 34.0. The van der Waals surface area contributed by atoms with Gasteiger partial charge >= 0.3 is 0 Å². The molecule has 1 aromatic heterocycles. The van der Waals surface area contributed by atoms with Crippen molar-refractivity contribution in [3.8, 4) is 17.2 Å². The molecule has 2 aromatic carbocycles. The van der Waals surface area contributed by atoms with E-state index in [4.69, 9.17) is 9.47 Å². The molecule has 3 aromatic rings. The Morgan fingerprint density at radius 2 is 1.63 bits per heavy atom. The molecule has 0 N–H and O–H groups in total. The number of piperazine rings is 1. The lowest BCUT2D eigenvalue weighted by Crippen LogP contribution is -2.51. The van der Waals surface area contributed by atoms with Crippen LogP contribution in [0.25, 0.3) is 5.69 Å². The van der Waals surface area contributed by atoms with E-state index in [0.717, 1.165) is 10.8 Å². The van der Waals surface area contributed by atoms with Crippen molar-refractivity contribution in [3.63, 3.8) is 0 Å². The summed E-state index contributed by atoms with van der Waals surface area (Å²) in [6.07, 6.45) is 3.67. The standard InChI is InChI=1S/C26H30N4O4S/c1-18-13-19(2)15-20(14-18)30-8-7-27-26(30)35-17-24(31)28-9-11-29(12-10-28)25(32)22-6-5-21(33-3)16-23(22)34-4/h5-8,13-16H,9-12,17H2,1-4H3. The van der Waals surface area contributed by atoms with Gasteiger partial charge in [0.15, 0.2) is 5.16 Å². The maximum absolute atomic E-state index is 13.0. The molecule has 184 valence electrons.